The van der Waals surface area contributed by atoms with E-state index >= 15 is 0 Å². The molecule has 0 spiro atoms. The van der Waals surface area contributed by atoms with Crippen molar-refractivity contribution in [3.8, 4) is 0 Å². The topological polar surface area (TPSA) is 62.3 Å². The monoisotopic (exact) mass is 449 g/mol. The van der Waals surface area contributed by atoms with E-state index in [1.807, 2.05) is 61.5 Å². The van der Waals surface area contributed by atoms with Gasteiger partial charge >= 0.3 is 0 Å². The van der Waals surface area contributed by atoms with E-state index in [1.54, 1.807) is 29.4 Å². The van der Waals surface area contributed by atoms with Gasteiger partial charge in [0, 0.05) is 43.3 Å². The zero-order valence-electron chi connectivity index (χ0n) is 18.2. The molecule has 1 N–H and O–H groups in total. The molecule has 1 heterocycles. The van der Waals surface area contributed by atoms with E-state index in [0.29, 0.717) is 37.4 Å². The van der Waals surface area contributed by atoms with Gasteiger partial charge in [-0.2, -0.15) is 0 Å². The fourth-order valence-electron chi connectivity index (χ4n) is 3.51. The van der Waals surface area contributed by atoms with Crippen LogP contribution in [-0.2, 0) is 29.1 Å². The summed E-state index contributed by atoms with van der Waals surface area (Å²) in [5.41, 5.74) is 2.89. The smallest absolute Gasteiger partial charge is 0.243 e. The van der Waals surface area contributed by atoms with E-state index in [0.717, 1.165) is 16.7 Å². The fraction of sp³-hybridized carbons (Fsp3) is 0.269. The standard InChI is InChI=1S/C26H28ClN3O2/c1-2-6-25(31)30(19-22-9-11-23(27)12-10-22)24(17-20-7-4-3-5-8-20)26(32)29-18-21-13-15-28-16-14-21/h3-5,7-16,24H,2,6,17-19H2,1H3,(H,29,32)/t24-/m1/s1. The van der Waals surface area contributed by atoms with Crippen LogP contribution in [0, 0.1) is 0 Å². The molecular weight excluding hydrogens is 422 g/mol. The third kappa shape index (κ3) is 6.92. The molecule has 1 aromatic heterocycles. The first-order chi connectivity index (χ1) is 15.6. The Morgan fingerprint density at radius 2 is 1.62 bits per heavy atom. The predicted molar refractivity (Wildman–Crippen MR) is 127 cm³/mol. The van der Waals surface area contributed by atoms with Gasteiger partial charge in [0.15, 0.2) is 0 Å². The molecule has 0 aliphatic heterocycles. The summed E-state index contributed by atoms with van der Waals surface area (Å²) in [5, 5.41) is 3.65. The molecule has 166 valence electrons. The van der Waals surface area contributed by atoms with Crippen molar-refractivity contribution < 1.29 is 9.59 Å². The molecule has 0 fully saturated rings. The van der Waals surface area contributed by atoms with Gasteiger partial charge in [0.1, 0.15) is 6.04 Å². The Morgan fingerprint density at radius 1 is 0.938 bits per heavy atom. The van der Waals surface area contributed by atoms with Crippen LogP contribution in [0.1, 0.15) is 36.5 Å². The van der Waals surface area contributed by atoms with Gasteiger partial charge in [-0.25, -0.2) is 0 Å². The average Bonchev–Trinajstić information content (AvgIpc) is 2.82. The summed E-state index contributed by atoms with van der Waals surface area (Å²) in [5.74, 6) is -0.216. The minimum atomic E-state index is -0.631. The molecule has 0 bridgehead atoms. The molecule has 2 amide bonds. The lowest BCUT2D eigenvalue weighted by Crippen LogP contribution is -2.50. The maximum Gasteiger partial charge on any atom is 0.243 e. The van der Waals surface area contributed by atoms with Gasteiger partial charge in [0.2, 0.25) is 11.8 Å². The number of halogens is 1. The van der Waals surface area contributed by atoms with Crippen molar-refractivity contribution in [2.75, 3.05) is 0 Å². The van der Waals surface area contributed by atoms with Crippen molar-refractivity contribution in [1.82, 2.24) is 15.2 Å². The van der Waals surface area contributed by atoms with Crippen LogP contribution in [0.4, 0.5) is 0 Å². The van der Waals surface area contributed by atoms with E-state index in [9.17, 15) is 9.59 Å². The molecule has 6 heteroatoms. The Morgan fingerprint density at radius 3 is 2.28 bits per heavy atom. The summed E-state index contributed by atoms with van der Waals surface area (Å²) in [6, 6.07) is 20.3. The average molecular weight is 450 g/mol. The van der Waals surface area contributed by atoms with Crippen LogP contribution in [0.2, 0.25) is 5.02 Å². The van der Waals surface area contributed by atoms with Crippen LogP contribution in [0.5, 0.6) is 0 Å². The maximum atomic E-state index is 13.4. The van der Waals surface area contributed by atoms with Crippen molar-refractivity contribution in [3.05, 3.63) is 101 Å². The Labute approximate surface area is 194 Å². The Hall–Kier alpha value is -3.18. The van der Waals surface area contributed by atoms with E-state index in [4.69, 9.17) is 11.6 Å². The van der Waals surface area contributed by atoms with Gasteiger partial charge < -0.3 is 10.2 Å². The number of nitrogens with zero attached hydrogens (tertiary/aromatic N) is 2. The number of nitrogens with one attached hydrogen (secondary N) is 1. The molecule has 3 rings (SSSR count). The van der Waals surface area contributed by atoms with E-state index in [-0.39, 0.29) is 11.8 Å². The SMILES string of the molecule is CCCC(=O)N(Cc1ccc(Cl)cc1)[C@H](Cc1ccccc1)C(=O)NCc1ccncc1. The van der Waals surface area contributed by atoms with Gasteiger partial charge in [0.25, 0.3) is 0 Å². The summed E-state index contributed by atoms with van der Waals surface area (Å²) in [7, 11) is 0. The molecule has 0 aliphatic carbocycles. The fourth-order valence-corrected chi connectivity index (χ4v) is 3.63. The zero-order chi connectivity index (χ0) is 22.8. The van der Waals surface area contributed by atoms with Gasteiger partial charge in [-0.05, 0) is 47.4 Å². The minimum Gasteiger partial charge on any atom is -0.350 e. The largest absolute Gasteiger partial charge is 0.350 e. The summed E-state index contributed by atoms with van der Waals surface area (Å²) >= 11 is 6.03. The third-order valence-electron chi connectivity index (χ3n) is 5.22. The lowest BCUT2D eigenvalue weighted by Gasteiger charge is -2.31. The first-order valence-electron chi connectivity index (χ1n) is 10.8. The summed E-state index contributed by atoms with van der Waals surface area (Å²) < 4.78 is 0. The first kappa shape index (κ1) is 23.5. The molecule has 0 radical (unpaired) electrons. The van der Waals surface area contributed by atoms with Crippen molar-refractivity contribution in [2.45, 2.75) is 45.3 Å². The van der Waals surface area contributed by atoms with Gasteiger partial charge in [-0.1, -0.05) is 61.0 Å². The number of hydrogen-bond acceptors (Lipinski definition) is 3. The second-order valence-electron chi connectivity index (χ2n) is 7.68. The van der Waals surface area contributed by atoms with Crippen LogP contribution in [0.15, 0.2) is 79.1 Å². The molecule has 2 aromatic carbocycles. The van der Waals surface area contributed by atoms with Crippen molar-refractivity contribution in [2.24, 2.45) is 0 Å². The van der Waals surface area contributed by atoms with Crippen LogP contribution >= 0.6 is 11.6 Å². The predicted octanol–water partition coefficient (Wildman–Crippen LogP) is 4.79. The second-order valence-corrected chi connectivity index (χ2v) is 8.11. The summed E-state index contributed by atoms with van der Waals surface area (Å²) in [6.07, 6.45) is 4.93. The van der Waals surface area contributed by atoms with Crippen molar-refractivity contribution in [3.63, 3.8) is 0 Å². The number of hydrogen-bond donors (Lipinski definition) is 1. The van der Waals surface area contributed by atoms with E-state index < -0.39 is 6.04 Å². The minimum absolute atomic E-state index is 0.0394. The number of pyridine rings is 1. The lowest BCUT2D eigenvalue weighted by molar-refractivity contribution is -0.141. The number of carbonyl (C=O) groups excluding carboxylic acids is 2. The Balaban J connectivity index is 1.87. The van der Waals surface area contributed by atoms with Gasteiger partial charge in [0.05, 0.1) is 0 Å². The number of carbonyl (C=O) groups is 2. The molecular formula is C26H28ClN3O2. The normalized spacial score (nSPS) is 11.6. The molecule has 1 atom stereocenters. The van der Waals surface area contributed by atoms with Crippen LogP contribution in [0.25, 0.3) is 0 Å². The van der Waals surface area contributed by atoms with Gasteiger partial charge in [-0.15, -0.1) is 0 Å². The van der Waals surface area contributed by atoms with Crippen LogP contribution < -0.4 is 5.32 Å². The van der Waals surface area contributed by atoms with Crippen molar-refractivity contribution >= 4 is 23.4 Å². The second kappa shape index (κ2) is 12.0. The van der Waals surface area contributed by atoms with Gasteiger partial charge in [-0.3, -0.25) is 14.6 Å². The number of rotatable bonds is 10. The third-order valence-corrected chi connectivity index (χ3v) is 5.47. The number of amides is 2. The Bertz CT molecular complexity index is 995. The van der Waals surface area contributed by atoms with Crippen LogP contribution in [-0.4, -0.2) is 27.7 Å². The van der Waals surface area contributed by atoms with Crippen molar-refractivity contribution in [1.29, 1.82) is 0 Å². The van der Waals surface area contributed by atoms with E-state index in [2.05, 4.69) is 10.3 Å². The number of aromatic nitrogens is 1. The highest BCUT2D eigenvalue weighted by atomic mass is 35.5. The lowest BCUT2D eigenvalue weighted by atomic mass is 10.0. The number of benzene rings is 2. The molecule has 5 nitrogen and oxygen atoms in total. The molecule has 32 heavy (non-hydrogen) atoms. The highest BCUT2D eigenvalue weighted by Gasteiger charge is 2.29. The summed E-state index contributed by atoms with van der Waals surface area (Å²) in [4.78, 5) is 32.2. The highest BCUT2D eigenvalue weighted by Crippen LogP contribution is 2.18. The molecule has 0 aliphatic rings. The van der Waals surface area contributed by atoms with Crippen LogP contribution in [0.3, 0.4) is 0 Å². The molecule has 3 aromatic rings. The molecule has 0 saturated carbocycles. The quantitative estimate of drug-likeness (QED) is 0.484. The molecule has 0 unspecified atom stereocenters. The Kier molecular flexibility index (Phi) is 8.81. The summed E-state index contributed by atoms with van der Waals surface area (Å²) in [6.45, 7) is 2.69. The van der Waals surface area contributed by atoms with E-state index in [1.165, 1.54) is 0 Å². The maximum absolute atomic E-state index is 13.4. The molecule has 0 saturated heterocycles. The zero-order valence-corrected chi connectivity index (χ0v) is 19.0. The first-order valence-corrected chi connectivity index (χ1v) is 11.2. The highest BCUT2D eigenvalue weighted by molar-refractivity contribution is 6.30.